The highest BCUT2D eigenvalue weighted by molar-refractivity contribution is 5.34. The second-order valence-electron chi connectivity index (χ2n) is 5.44. The van der Waals surface area contributed by atoms with Crippen molar-refractivity contribution >= 4 is 5.82 Å². The molecule has 5 heteroatoms. The van der Waals surface area contributed by atoms with E-state index in [4.69, 9.17) is 0 Å². The van der Waals surface area contributed by atoms with Crippen molar-refractivity contribution in [3.63, 3.8) is 0 Å². The maximum absolute atomic E-state index is 13.0. The zero-order valence-electron chi connectivity index (χ0n) is 10.6. The first-order valence-corrected chi connectivity index (χ1v) is 6.68. The second-order valence-corrected chi connectivity index (χ2v) is 5.44. The topological polar surface area (TPSA) is 41.0 Å². The van der Waals surface area contributed by atoms with Gasteiger partial charge in [-0.3, -0.25) is 0 Å². The molecule has 0 radical (unpaired) electrons. The van der Waals surface area contributed by atoms with Crippen molar-refractivity contribution in [2.45, 2.75) is 50.2 Å². The quantitative estimate of drug-likeness (QED) is 0.816. The number of nitrogens with zero attached hydrogens (tertiary/aromatic N) is 3. The molecule has 1 aromatic heterocycles. The normalized spacial score (nSPS) is 32.2. The Bertz CT molecular complexity index is 411. The average Bonchev–Trinajstić information content (AvgIpc) is 2.30. The van der Waals surface area contributed by atoms with Crippen molar-refractivity contribution in [3.8, 4) is 0 Å². The second kappa shape index (κ2) is 4.80. The molecule has 0 spiro atoms. The van der Waals surface area contributed by atoms with E-state index in [2.05, 4.69) is 27.2 Å². The van der Waals surface area contributed by atoms with E-state index in [-0.39, 0.29) is 0 Å². The van der Waals surface area contributed by atoms with Crippen LogP contribution in [0.25, 0.3) is 0 Å². The Balaban J connectivity index is 1.68. The third-order valence-corrected chi connectivity index (χ3v) is 4.33. The van der Waals surface area contributed by atoms with Crippen molar-refractivity contribution in [1.29, 1.82) is 0 Å². The minimum absolute atomic E-state index is 0.408. The molecule has 0 aliphatic carbocycles. The van der Waals surface area contributed by atoms with Crippen LogP contribution >= 0.6 is 0 Å². The van der Waals surface area contributed by atoms with E-state index < -0.39 is 5.95 Å². The van der Waals surface area contributed by atoms with Gasteiger partial charge in [0.1, 0.15) is 12.1 Å². The van der Waals surface area contributed by atoms with Gasteiger partial charge in [-0.05, 0) is 32.7 Å². The Hall–Kier alpha value is -1.23. The van der Waals surface area contributed by atoms with Crippen LogP contribution in [0.4, 0.5) is 10.2 Å². The van der Waals surface area contributed by atoms with Crippen LogP contribution in [0.5, 0.6) is 0 Å². The highest BCUT2D eigenvalue weighted by atomic mass is 19.1. The fraction of sp³-hybridized carbons (Fsp3) is 0.692. The Kier molecular flexibility index (Phi) is 3.16. The summed E-state index contributed by atoms with van der Waals surface area (Å²) in [7, 11) is 2.23. The molecule has 98 valence electrons. The third kappa shape index (κ3) is 2.32. The number of nitrogens with one attached hydrogen (secondary N) is 1. The molecule has 2 aliphatic rings. The molecule has 2 fully saturated rings. The maximum Gasteiger partial charge on any atom is 0.217 e. The molecule has 1 aromatic rings. The summed E-state index contributed by atoms with van der Waals surface area (Å²) in [6.45, 7) is 0. The van der Waals surface area contributed by atoms with Crippen LogP contribution in [-0.2, 0) is 0 Å². The zero-order valence-corrected chi connectivity index (χ0v) is 10.6. The van der Waals surface area contributed by atoms with Gasteiger partial charge in [0.05, 0.1) is 0 Å². The fourth-order valence-corrected chi connectivity index (χ4v) is 3.36. The Morgan fingerprint density at radius 2 is 2.00 bits per heavy atom. The predicted octanol–water partition coefficient (Wildman–Crippen LogP) is 2.04. The lowest BCUT2D eigenvalue weighted by Crippen LogP contribution is -2.52. The van der Waals surface area contributed by atoms with Gasteiger partial charge >= 0.3 is 0 Å². The molecule has 2 aliphatic heterocycles. The van der Waals surface area contributed by atoms with Crippen LogP contribution in [0.15, 0.2) is 12.4 Å². The lowest BCUT2D eigenvalue weighted by Gasteiger charge is -2.47. The number of hydrogen-bond donors (Lipinski definition) is 1. The maximum atomic E-state index is 13.0. The Labute approximate surface area is 107 Å². The van der Waals surface area contributed by atoms with E-state index in [0.717, 1.165) is 12.8 Å². The first-order chi connectivity index (χ1) is 8.72. The number of aromatic nitrogens is 2. The van der Waals surface area contributed by atoms with E-state index in [1.807, 2.05) is 0 Å². The number of rotatable bonds is 2. The van der Waals surface area contributed by atoms with Crippen LogP contribution < -0.4 is 5.32 Å². The van der Waals surface area contributed by atoms with Gasteiger partial charge in [-0.1, -0.05) is 6.42 Å². The lowest BCUT2D eigenvalue weighted by atomic mass is 9.82. The van der Waals surface area contributed by atoms with E-state index in [1.165, 1.54) is 31.7 Å². The highest BCUT2D eigenvalue weighted by Gasteiger charge is 2.35. The van der Waals surface area contributed by atoms with Crippen LogP contribution in [0.2, 0.25) is 0 Å². The van der Waals surface area contributed by atoms with Crippen LogP contribution in [0.1, 0.15) is 32.1 Å². The molecule has 3 heterocycles. The number of piperidine rings is 2. The van der Waals surface area contributed by atoms with Crippen LogP contribution in [-0.4, -0.2) is 40.0 Å². The number of anilines is 1. The molecule has 0 amide bonds. The van der Waals surface area contributed by atoms with Crippen LogP contribution in [0, 0.1) is 5.95 Å². The summed E-state index contributed by atoms with van der Waals surface area (Å²) in [5.74, 6) is 0.135. The first kappa shape index (κ1) is 11.8. The van der Waals surface area contributed by atoms with E-state index in [9.17, 15) is 4.39 Å². The van der Waals surface area contributed by atoms with Crippen molar-refractivity contribution in [1.82, 2.24) is 14.9 Å². The summed E-state index contributed by atoms with van der Waals surface area (Å²) in [5, 5.41) is 3.35. The van der Waals surface area contributed by atoms with E-state index in [0.29, 0.717) is 23.9 Å². The molecule has 2 atom stereocenters. The van der Waals surface area contributed by atoms with Crippen molar-refractivity contribution in [2.24, 2.45) is 0 Å². The number of halogens is 1. The molecule has 2 bridgehead atoms. The molecule has 4 nitrogen and oxygen atoms in total. The summed E-state index contributed by atoms with van der Waals surface area (Å²) in [6.07, 6.45) is 7.42. The van der Waals surface area contributed by atoms with Gasteiger partial charge in [0, 0.05) is 24.2 Å². The highest BCUT2D eigenvalue weighted by Crippen LogP contribution is 2.33. The number of hydrogen-bond acceptors (Lipinski definition) is 4. The van der Waals surface area contributed by atoms with Gasteiger partial charge in [-0.2, -0.15) is 4.39 Å². The smallest absolute Gasteiger partial charge is 0.217 e. The third-order valence-electron chi connectivity index (χ3n) is 4.33. The van der Waals surface area contributed by atoms with Gasteiger partial charge < -0.3 is 10.2 Å². The molecule has 2 saturated heterocycles. The molecular weight excluding hydrogens is 231 g/mol. The summed E-state index contributed by atoms with van der Waals surface area (Å²) in [5.41, 5.74) is 0. The van der Waals surface area contributed by atoms with Gasteiger partial charge in [0.2, 0.25) is 5.95 Å². The number of fused-ring (bicyclic) bond motifs is 2. The summed E-state index contributed by atoms with van der Waals surface area (Å²) < 4.78 is 13.0. The van der Waals surface area contributed by atoms with E-state index in [1.54, 1.807) is 0 Å². The molecule has 0 aromatic carbocycles. The lowest BCUT2D eigenvalue weighted by molar-refractivity contribution is 0.0608. The first-order valence-electron chi connectivity index (χ1n) is 6.68. The molecule has 1 N–H and O–H groups in total. The standard InChI is InChI=1S/C13H19FN4/c1-18-10-3-2-4-11(18)6-9(5-10)17-13-7-12(14)15-8-16-13/h7-11H,2-6H2,1H3,(H,15,16,17). The van der Waals surface area contributed by atoms with Gasteiger partial charge in [0.15, 0.2) is 0 Å². The molecule has 2 unspecified atom stereocenters. The Morgan fingerprint density at radius 3 is 2.67 bits per heavy atom. The molecule has 18 heavy (non-hydrogen) atoms. The molecule has 0 saturated carbocycles. The average molecular weight is 250 g/mol. The Morgan fingerprint density at radius 1 is 1.28 bits per heavy atom. The SMILES string of the molecule is CN1C2CCCC1CC(Nc1cc(F)ncn1)C2. The largest absolute Gasteiger partial charge is 0.367 e. The van der Waals surface area contributed by atoms with Crippen molar-refractivity contribution in [2.75, 3.05) is 12.4 Å². The van der Waals surface area contributed by atoms with Gasteiger partial charge in [0.25, 0.3) is 0 Å². The van der Waals surface area contributed by atoms with Gasteiger partial charge in [-0.15, -0.1) is 0 Å². The summed E-state index contributed by atoms with van der Waals surface area (Å²) in [4.78, 5) is 10.1. The molecular formula is C13H19FN4. The fourth-order valence-electron chi connectivity index (χ4n) is 3.36. The summed E-state index contributed by atoms with van der Waals surface area (Å²) in [6, 6.07) is 3.11. The molecule has 3 rings (SSSR count). The predicted molar refractivity (Wildman–Crippen MR) is 67.8 cm³/mol. The van der Waals surface area contributed by atoms with Crippen LogP contribution in [0.3, 0.4) is 0 Å². The monoisotopic (exact) mass is 250 g/mol. The van der Waals surface area contributed by atoms with Gasteiger partial charge in [-0.25, -0.2) is 9.97 Å². The zero-order chi connectivity index (χ0) is 12.5. The minimum Gasteiger partial charge on any atom is -0.367 e. The van der Waals surface area contributed by atoms with E-state index >= 15 is 0 Å². The van der Waals surface area contributed by atoms with Crippen molar-refractivity contribution < 1.29 is 4.39 Å². The minimum atomic E-state index is -0.472. The van der Waals surface area contributed by atoms with Crippen molar-refractivity contribution in [3.05, 3.63) is 18.3 Å². The summed E-state index contributed by atoms with van der Waals surface area (Å²) >= 11 is 0.